The first-order valence-electron chi connectivity index (χ1n) is 5.87. The van der Waals surface area contributed by atoms with Crippen LogP contribution < -0.4 is 5.32 Å². The summed E-state index contributed by atoms with van der Waals surface area (Å²) in [6, 6.07) is 3.50. The van der Waals surface area contributed by atoms with Gasteiger partial charge in [-0.1, -0.05) is 6.07 Å². The maximum atomic E-state index is 13.5. The zero-order valence-corrected chi connectivity index (χ0v) is 10.7. The van der Waals surface area contributed by atoms with Gasteiger partial charge in [-0.25, -0.2) is 8.78 Å². The van der Waals surface area contributed by atoms with Gasteiger partial charge in [-0.05, 0) is 25.5 Å². The molecule has 2 amide bonds. The van der Waals surface area contributed by atoms with E-state index < -0.39 is 23.0 Å². The summed E-state index contributed by atoms with van der Waals surface area (Å²) >= 11 is 0. The molecule has 0 saturated carbocycles. The number of carbonyl (C=O) groups excluding carboxylic acids is 2. The molecule has 1 atom stereocenters. The molecule has 4 nitrogen and oxygen atoms in total. The van der Waals surface area contributed by atoms with E-state index in [1.54, 1.807) is 7.05 Å². The summed E-state index contributed by atoms with van der Waals surface area (Å²) < 4.78 is 26.5. The predicted octanol–water partition coefficient (Wildman–Crippen LogP) is 1.77. The highest BCUT2D eigenvalue weighted by atomic mass is 19.2. The number of rotatable bonds is 2. The zero-order chi connectivity index (χ0) is 14.2. The summed E-state index contributed by atoms with van der Waals surface area (Å²) in [4.78, 5) is 25.5. The molecule has 0 aliphatic carbocycles. The van der Waals surface area contributed by atoms with E-state index in [9.17, 15) is 18.4 Å². The molecule has 1 aliphatic rings. The lowest BCUT2D eigenvalue weighted by molar-refractivity contribution is -0.141. The molecule has 19 heavy (non-hydrogen) atoms. The van der Waals surface area contributed by atoms with Gasteiger partial charge in [-0.15, -0.1) is 0 Å². The standard InChI is InChI=1S/C13H14F2N2O2/c1-13(6-7-17(2)12(13)19)11(18)16-9-5-3-4-8(14)10(9)15/h3-5H,6-7H2,1-2H3,(H,16,18)/t13-/m1/s1. The van der Waals surface area contributed by atoms with E-state index >= 15 is 0 Å². The van der Waals surface area contributed by atoms with Gasteiger partial charge in [0.25, 0.3) is 0 Å². The Hall–Kier alpha value is -1.98. The second kappa shape index (κ2) is 4.60. The van der Waals surface area contributed by atoms with Gasteiger partial charge in [0.15, 0.2) is 11.6 Å². The van der Waals surface area contributed by atoms with E-state index in [4.69, 9.17) is 0 Å². The Morgan fingerprint density at radius 1 is 1.42 bits per heavy atom. The van der Waals surface area contributed by atoms with Crippen molar-refractivity contribution in [3.63, 3.8) is 0 Å². The van der Waals surface area contributed by atoms with Crippen LogP contribution in [0.4, 0.5) is 14.5 Å². The maximum absolute atomic E-state index is 13.5. The Morgan fingerprint density at radius 2 is 2.11 bits per heavy atom. The van der Waals surface area contributed by atoms with Gasteiger partial charge < -0.3 is 10.2 Å². The van der Waals surface area contributed by atoms with Crippen molar-refractivity contribution in [2.24, 2.45) is 5.41 Å². The molecule has 0 radical (unpaired) electrons. The van der Waals surface area contributed by atoms with Gasteiger partial charge in [0.1, 0.15) is 5.41 Å². The summed E-state index contributed by atoms with van der Waals surface area (Å²) in [5.41, 5.74) is -1.48. The average Bonchev–Trinajstić information content (AvgIpc) is 2.64. The first-order chi connectivity index (χ1) is 8.86. The molecule has 0 bridgehead atoms. The van der Waals surface area contributed by atoms with Gasteiger partial charge in [-0.2, -0.15) is 0 Å². The minimum atomic E-state index is -1.23. The Balaban J connectivity index is 2.22. The molecule has 1 saturated heterocycles. The normalized spacial score (nSPS) is 22.7. The van der Waals surface area contributed by atoms with Crippen LogP contribution in [0.5, 0.6) is 0 Å². The highest BCUT2D eigenvalue weighted by molar-refractivity contribution is 6.11. The third-order valence-electron chi connectivity index (χ3n) is 3.47. The maximum Gasteiger partial charge on any atom is 0.239 e. The zero-order valence-electron chi connectivity index (χ0n) is 10.7. The lowest BCUT2D eigenvalue weighted by Crippen LogP contribution is -2.40. The Morgan fingerprint density at radius 3 is 2.68 bits per heavy atom. The molecule has 0 unspecified atom stereocenters. The molecular weight excluding hydrogens is 254 g/mol. The van der Waals surface area contributed by atoms with Crippen molar-refractivity contribution in [3.05, 3.63) is 29.8 Å². The van der Waals surface area contributed by atoms with E-state index in [1.165, 1.54) is 24.0 Å². The SMILES string of the molecule is CN1CC[C@](C)(C(=O)Nc2cccc(F)c2F)C1=O. The lowest BCUT2D eigenvalue weighted by atomic mass is 9.87. The number of hydrogen-bond donors (Lipinski definition) is 1. The van der Waals surface area contributed by atoms with Crippen LogP contribution in [0.25, 0.3) is 0 Å². The second-order valence-corrected chi connectivity index (χ2v) is 4.86. The monoisotopic (exact) mass is 268 g/mol. The van der Waals surface area contributed by atoms with Crippen molar-refractivity contribution < 1.29 is 18.4 Å². The molecule has 102 valence electrons. The molecule has 1 aromatic rings. The van der Waals surface area contributed by atoms with E-state index in [0.29, 0.717) is 13.0 Å². The van der Waals surface area contributed by atoms with Crippen LogP contribution in [0, 0.1) is 17.0 Å². The van der Waals surface area contributed by atoms with E-state index in [0.717, 1.165) is 6.07 Å². The van der Waals surface area contributed by atoms with Gasteiger partial charge in [0.2, 0.25) is 11.8 Å². The van der Waals surface area contributed by atoms with Crippen molar-refractivity contribution in [1.29, 1.82) is 0 Å². The number of likely N-dealkylation sites (tertiary alicyclic amines) is 1. The van der Waals surface area contributed by atoms with Crippen molar-refractivity contribution >= 4 is 17.5 Å². The van der Waals surface area contributed by atoms with Crippen molar-refractivity contribution in [1.82, 2.24) is 4.90 Å². The fourth-order valence-corrected chi connectivity index (χ4v) is 2.09. The third-order valence-corrected chi connectivity index (χ3v) is 3.47. The minimum Gasteiger partial charge on any atom is -0.345 e. The Bertz CT molecular complexity index is 547. The molecule has 1 heterocycles. The van der Waals surface area contributed by atoms with E-state index in [1.807, 2.05) is 0 Å². The van der Waals surface area contributed by atoms with Crippen LogP contribution in [0.3, 0.4) is 0 Å². The summed E-state index contributed by atoms with van der Waals surface area (Å²) in [5, 5.41) is 2.28. The van der Waals surface area contributed by atoms with Gasteiger partial charge >= 0.3 is 0 Å². The molecule has 0 spiro atoms. The first kappa shape index (κ1) is 13.5. The fraction of sp³-hybridized carbons (Fsp3) is 0.385. The van der Waals surface area contributed by atoms with Crippen LogP contribution in [0.1, 0.15) is 13.3 Å². The Kier molecular flexibility index (Phi) is 3.26. The minimum absolute atomic E-state index is 0.256. The van der Waals surface area contributed by atoms with Crippen molar-refractivity contribution in [3.8, 4) is 0 Å². The van der Waals surface area contributed by atoms with E-state index in [-0.39, 0.29) is 11.6 Å². The smallest absolute Gasteiger partial charge is 0.239 e. The summed E-state index contributed by atoms with van der Waals surface area (Å²) in [7, 11) is 1.60. The molecular formula is C13H14F2N2O2. The van der Waals surface area contributed by atoms with Gasteiger partial charge in [0, 0.05) is 13.6 Å². The van der Waals surface area contributed by atoms with Crippen LogP contribution in [0.2, 0.25) is 0 Å². The molecule has 0 aromatic heterocycles. The number of halogens is 2. The third kappa shape index (κ3) is 2.18. The number of benzene rings is 1. The largest absolute Gasteiger partial charge is 0.345 e. The first-order valence-corrected chi connectivity index (χ1v) is 5.87. The fourth-order valence-electron chi connectivity index (χ4n) is 2.09. The summed E-state index contributed by atoms with van der Waals surface area (Å²) in [6.07, 6.45) is 0.352. The highest BCUT2D eigenvalue weighted by Gasteiger charge is 2.47. The number of amides is 2. The van der Waals surface area contributed by atoms with Crippen LogP contribution in [-0.2, 0) is 9.59 Å². The molecule has 1 aromatic carbocycles. The topological polar surface area (TPSA) is 49.4 Å². The Labute approximate surface area is 109 Å². The molecule has 1 N–H and O–H groups in total. The highest BCUT2D eigenvalue weighted by Crippen LogP contribution is 2.32. The number of nitrogens with zero attached hydrogens (tertiary/aromatic N) is 1. The number of nitrogens with one attached hydrogen (secondary N) is 1. The van der Waals surface area contributed by atoms with Crippen LogP contribution >= 0.6 is 0 Å². The van der Waals surface area contributed by atoms with Gasteiger partial charge in [-0.3, -0.25) is 9.59 Å². The van der Waals surface area contributed by atoms with Crippen LogP contribution in [-0.4, -0.2) is 30.3 Å². The average molecular weight is 268 g/mol. The molecule has 1 fully saturated rings. The second-order valence-electron chi connectivity index (χ2n) is 4.86. The molecule has 1 aliphatic heterocycles. The number of hydrogen-bond acceptors (Lipinski definition) is 2. The predicted molar refractivity (Wildman–Crippen MR) is 65.3 cm³/mol. The number of carbonyl (C=O) groups is 2. The quantitative estimate of drug-likeness (QED) is 0.831. The molecule has 2 rings (SSSR count). The summed E-state index contributed by atoms with van der Waals surface area (Å²) in [6.45, 7) is 1.97. The van der Waals surface area contributed by atoms with Crippen LogP contribution in [0.15, 0.2) is 18.2 Å². The lowest BCUT2D eigenvalue weighted by Gasteiger charge is -2.21. The summed E-state index contributed by atoms with van der Waals surface area (Å²) in [5.74, 6) is -3.11. The van der Waals surface area contributed by atoms with Crippen molar-refractivity contribution in [2.75, 3.05) is 18.9 Å². The van der Waals surface area contributed by atoms with Gasteiger partial charge in [0.05, 0.1) is 5.69 Å². The van der Waals surface area contributed by atoms with E-state index in [2.05, 4.69) is 5.32 Å². The molecule has 6 heteroatoms. The number of anilines is 1. The van der Waals surface area contributed by atoms with Crippen molar-refractivity contribution in [2.45, 2.75) is 13.3 Å².